The normalized spacial score (nSPS) is 17.9. The molecule has 7 rings (SSSR count). The fourth-order valence-electron chi connectivity index (χ4n) is 6.30. The lowest BCUT2D eigenvalue weighted by atomic mass is 9.98. The molecule has 210 valence electrons. The molecule has 7 nitrogen and oxygen atoms in total. The lowest BCUT2D eigenvalue weighted by Crippen LogP contribution is -2.33. The van der Waals surface area contributed by atoms with Crippen LogP contribution in [0.15, 0.2) is 59.9 Å². The summed E-state index contributed by atoms with van der Waals surface area (Å²) in [7, 11) is 1.87. The molecule has 1 saturated heterocycles. The zero-order chi connectivity index (χ0) is 28.2. The number of aromatic nitrogens is 5. The van der Waals surface area contributed by atoms with Crippen LogP contribution in [0.25, 0.3) is 39.1 Å². The number of pyridine rings is 2. The first-order valence-corrected chi connectivity index (χ1v) is 14.7. The fourth-order valence-corrected chi connectivity index (χ4v) is 6.50. The Morgan fingerprint density at radius 3 is 2.73 bits per heavy atom. The molecule has 1 aliphatic carbocycles. The number of imidazole rings is 1. The molecule has 41 heavy (non-hydrogen) atoms. The summed E-state index contributed by atoms with van der Waals surface area (Å²) in [6.07, 6.45) is 10.0. The minimum absolute atomic E-state index is 0.158. The molecule has 2 fully saturated rings. The van der Waals surface area contributed by atoms with Crippen LogP contribution in [-0.2, 0) is 13.6 Å². The van der Waals surface area contributed by atoms with Crippen molar-refractivity contribution in [2.24, 2.45) is 13.0 Å². The first kappa shape index (κ1) is 26.2. The minimum atomic E-state index is -0.345. The monoisotopic (exact) mass is 570 g/mol. The van der Waals surface area contributed by atoms with Gasteiger partial charge in [0, 0.05) is 43.0 Å². The number of fused-ring (bicyclic) bond motifs is 1. The average molecular weight is 571 g/mol. The van der Waals surface area contributed by atoms with Crippen molar-refractivity contribution in [3.05, 3.63) is 87.7 Å². The highest BCUT2D eigenvalue weighted by Gasteiger charge is 2.29. The highest BCUT2D eigenvalue weighted by atomic mass is 35.5. The zero-order valence-electron chi connectivity index (χ0n) is 23.2. The molecule has 1 aliphatic heterocycles. The number of benzene rings is 1. The second kappa shape index (κ2) is 10.3. The average Bonchev–Trinajstić information content (AvgIpc) is 3.55. The van der Waals surface area contributed by atoms with Gasteiger partial charge in [0.1, 0.15) is 22.3 Å². The van der Waals surface area contributed by atoms with Crippen LogP contribution in [-0.4, -0.2) is 42.1 Å². The van der Waals surface area contributed by atoms with E-state index in [4.69, 9.17) is 11.6 Å². The van der Waals surface area contributed by atoms with Crippen LogP contribution in [0.5, 0.6) is 0 Å². The van der Waals surface area contributed by atoms with Crippen LogP contribution in [0.3, 0.4) is 0 Å². The molecule has 0 unspecified atom stereocenters. The Labute approximate surface area is 242 Å². The van der Waals surface area contributed by atoms with Gasteiger partial charge in [-0.2, -0.15) is 0 Å². The van der Waals surface area contributed by atoms with Gasteiger partial charge in [0.2, 0.25) is 0 Å². The van der Waals surface area contributed by atoms with E-state index < -0.39 is 0 Å². The van der Waals surface area contributed by atoms with E-state index >= 15 is 0 Å². The van der Waals surface area contributed by atoms with Gasteiger partial charge in [-0.15, -0.1) is 0 Å². The highest BCUT2D eigenvalue weighted by Crippen LogP contribution is 2.43. The van der Waals surface area contributed by atoms with Gasteiger partial charge in [-0.25, -0.2) is 14.4 Å². The third kappa shape index (κ3) is 5.00. The molecule has 1 saturated carbocycles. The second-order valence-electron chi connectivity index (χ2n) is 11.7. The van der Waals surface area contributed by atoms with Crippen molar-refractivity contribution in [1.29, 1.82) is 0 Å². The SMILES string of the molecule is C[C@H]1CCCN(Cc2cc3c(C4CC4)cn(-c4cc(-c5ccc(F)cc5-c5cncn5C)cc(Cl)n4)c(=O)c3[nH]2)C1. The number of hydrogen-bond acceptors (Lipinski definition) is 4. The maximum absolute atomic E-state index is 14.4. The molecule has 0 bridgehead atoms. The van der Waals surface area contributed by atoms with Crippen LogP contribution in [0, 0.1) is 11.7 Å². The van der Waals surface area contributed by atoms with Gasteiger partial charge in [0.15, 0.2) is 0 Å². The summed E-state index contributed by atoms with van der Waals surface area (Å²) in [5, 5.41) is 1.26. The quantitative estimate of drug-likeness (QED) is 0.231. The Morgan fingerprint density at radius 2 is 1.98 bits per heavy atom. The number of likely N-dealkylation sites (tertiary alicyclic amines) is 1. The molecule has 5 aromatic rings. The van der Waals surface area contributed by atoms with Crippen molar-refractivity contribution in [3.63, 3.8) is 0 Å². The third-order valence-corrected chi connectivity index (χ3v) is 8.64. The van der Waals surface area contributed by atoms with Gasteiger partial charge in [-0.05, 0) is 91.1 Å². The maximum atomic E-state index is 14.4. The van der Waals surface area contributed by atoms with Gasteiger partial charge in [0.05, 0.1) is 18.2 Å². The summed E-state index contributed by atoms with van der Waals surface area (Å²) in [6, 6.07) is 10.4. The van der Waals surface area contributed by atoms with Crippen molar-refractivity contribution in [2.45, 2.75) is 45.1 Å². The molecule has 0 radical (unpaired) electrons. The Morgan fingerprint density at radius 1 is 1.12 bits per heavy atom. The van der Waals surface area contributed by atoms with E-state index in [1.165, 1.54) is 25.0 Å². The standard InChI is InChI=1S/C32H32ClFN6O/c1-19-4-3-9-39(15-19)16-23-13-26-27(20-5-6-20)17-40(32(41)31(26)36-23)30-11-21(10-29(33)37-30)24-8-7-22(34)12-25(24)28-14-35-18-38(28)2/h7-8,10-14,17-20,36H,3-6,9,15-16H2,1-2H3/t19-/m0/s1. The van der Waals surface area contributed by atoms with Gasteiger partial charge in [-0.3, -0.25) is 14.3 Å². The first-order valence-electron chi connectivity index (χ1n) is 14.3. The molecule has 4 aromatic heterocycles. The van der Waals surface area contributed by atoms with E-state index in [2.05, 4.69) is 32.8 Å². The molecule has 5 heterocycles. The number of aryl methyl sites for hydroxylation is 1. The minimum Gasteiger partial charge on any atom is -0.353 e. The third-order valence-electron chi connectivity index (χ3n) is 8.45. The Balaban J connectivity index is 1.34. The molecule has 1 aromatic carbocycles. The van der Waals surface area contributed by atoms with E-state index in [-0.39, 0.29) is 16.5 Å². The van der Waals surface area contributed by atoms with Crippen molar-refractivity contribution in [3.8, 4) is 28.2 Å². The number of nitrogens with one attached hydrogen (secondary N) is 1. The Kier molecular flexibility index (Phi) is 6.55. The van der Waals surface area contributed by atoms with Crippen molar-refractivity contribution >= 4 is 22.5 Å². The topological polar surface area (TPSA) is 71.7 Å². The largest absolute Gasteiger partial charge is 0.353 e. The molecule has 0 spiro atoms. The van der Waals surface area contributed by atoms with Crippen LogP contribution >= 0.6 is 11.6 Å². The predicted octanol–water partition coefficient (Wildman–Crippen LogP) is 6.68. The van der Waals surface area contributed by atoms with Crippen LogP contribution in [0.1, 0.15) is 49.8 Å². The molecule has 2 aliphatic rings. The van der Waals surface area contributed by atoms with Gasteiger partial charge >= 0.3 is 0 Å². The Bertz CT molecular complexity index is 1830. The molecular weight excluding hydrogens is 539 g/mol. The summed E-state index contributed by atoms with van der Waals surface area (Å²) in [4.78, 5) is 28.7. The van der Waals surface area contributed by atoms with Crippen molar-refractivity contribution < 1.29 is 4.39 Å². The number of halogens is 2. The predicted molar refractivity (Wildman–Crippen MR) is 160 cm³/mol. The van der Waals surface area contributed by atoms with Crippen molar-refractivity contribution in [1.82, 2.24) is 29.0 Å². The molecule has 1 atom stereocenters. The summed E-state index contributed by atoms with van der Waals surface area (Å²) >= 11 is 6.57. The number of nitrogens with zero attached hydrogens (tertiary/aromatic N) is 5. The zero-order valence-corrected chi connectivity index (χ0v) is 24.0. The summed E-state index contributed by atoms with van der Waals surface area (Å²) < 4.78 is 17.8. The van der Waals surface area contributed by atoms with Crippen LogP contribution in [0.2, 0.25) is 5.15 Å². The van der Waals surface area contributed by atoms with Crippen LogP contribution < -0.4 is 5.56 Å². The number of rotatable bonds is 6. The molecular formula is C32H32ClFN6O. The lowest BCUT2D eigenvalue weighted by Gasteiger charge is -2.30. The first-order chi connectivity index (χ1) is 19.8. The molecule has 0 amide bonds. The molecule has 1 N–H and O–H groups in total. The van der Waals surface area contributed by atoms with Gasteiger partial charge in [0.25, 0.3) is 5.56 Å². The van der Waals surface area contributed by atoms with E-state index in [1.54, 1.807) is 29.2 Å². The smallest absolute Gasteiger partial charge is 0.280 e. The summed E-state index contributed by atoms with van der Waals surface area (Å²) in [5.74, 6) is 1.20. The van der Waals surface area contributed by atoms with Gasteiger partial charge in [-0.1, -0.05) is 24.6 Å². The number of hydrogen-bond donors (Lipinski definition) is 1. The van der Waals surface area contributed by atoms with Crippen molar-refractivity contribution in [2.75, 3.05) is 13.1 Å². The van der Waals surface area contributed by atoms with E-state index in [9.17, 15) is 9.18 Å². The number of piperidine rings is 1. The van der Waals surface area contributed by atoms with E-state index in [0.29, 0.717) is 28.7 Å². The van der Waals surface area contributed by atoms with Crippen LogP contribution in [0.4, 0.5) is 4.39 Å². The number of H-pyrrole nitrogens is 1. The number of aromatic amines is 1. The van der Waals surface area contributed by atoms with Gasteiger partial charge < -0.3 is 9.55 Å². The summed E-state index contributed by atoms with van der Waals surface area (Å²) in [6.45, 7) is 5.27. The molecule has 9 heteroatoms. The van der Waals surface area contributed by atoms with E-state index in [1.807, 2.05) is 23.9 Å². The highest BCUT2D eigenvalue weighted by molar-refractivity contribution is 6.29. The Hall–Kier alpha value is -3.75. The lowest BCUT2D eigenvalue weighted by molar-refractivity contribution is 0.175. The summed E-state index contributed by atoms with van der Waals surface area (Å²) in [5.41, 5.74) is 5.64. The maximum Gasteiger partial charge on any atom is 0.280 e. The second-order valence-corrected chi connectivity index (χ2v) is 12.1. The fraction of sp³-hybridized carbons (Fsp3) is 0.344. The van der Waals surface area contributed by atoms with E-state index in [0.717, 1.165) is 65.9 Å².